The van der Waals surface area contributed by atoms with Gasteiger partial charge < -0.3 is 9.13 Å². The van der Waals surface area contributed by atoms with Crippen LogP contribution in [0.2, 0.25) is 0 Å². The summed E-state index contributed by atoms with van der Waals surface area (Å²) in [5.41, 5.74) is 6.40. The average molecular weight is 760 g/mol. The van der Waals surface area contributed by atoms with E-state index in [4.69, 9.17) is 4.18 Å². The van der Waals surface area contributed by atoms with Gasteiger partial charge in [-0.05, 0) is 60.2 Å². The molecule has 9 aromatic rings. The summed E-state index contributed by atoms with van der Waals surface area (Å²) in [4.78, 5) is 21.2. The van der Waals surface area contributed by atoms with Crippen LogP contribution in [0.25, 0.3) is 32.3 Å². The lowest BCUT2D eigenvalue weighted by Gasteiger charge is -2.08. The minimum Gasteiger partial charge on any atom is -0.333 e. The largest absolute Gasteiger partial charge is 0.333 e. The fourth-order valence-electron chi connectivity index (χ4n) is 6.31. The molecule has 5 aromatic heterocycles. The monoisotopic (exact) mass is 759 g/mol. The van der Waals surface area contributed by atoms with Crippen molar-refractivity contribution in [1.82, 2.24) is 34.1 Å². The van der Waals surface area contributed by atoms with Gasteiger partial charge in [0.05, 0.1) is 42.9 Å². The van der Waals surface area contributed by atoms with Crippen LogP contribution in [0.4, 0.5) is 0 Å². The van der Waals surface area contributed by atoms with E-state index in [1.165, 1.54) is 32.7 Å². The lowest BCUT2D eigenvalue weighted by Crippen LogP contribution is -2.07. The zero-order valence-corrected chi connectivity index (χ0v) is 32.2. The van der Waals surface area contributed by atoms with Gasteiger partial charge in [0.2, 0.25) is 0 Å². The number of aryl methyl sites for hydroxylation is 3. The number of aromatic nitrogens is 7. The maximum Gasteiger partial charge on any atom is 0.297 e. The smallest absolute Gasteiger partial charge is 0.297 e. The summed E-state index contributed by atoms with van der Waals surface area (Å²) in [6, 6.07) is 30.9. The van der Waals surface area contributed by atoms with Crippen molar-refractivity contribution in [3.8, 4) is 0 Å². The van der Waals surface area contributed by atoms with Crippen LogP contribution in [0.1, 0.15) is 33.6 Å². The van der Waals surface area contributed by atoms with Crippen molar-refractivity contribution < 1.29 is 12.6 Å². The Bertz CT molecular complexity index is 2820. The zero-order valence-electron chi connectivity index (χ0n) is 31.4. The van der Waals surface area contributed by atoms with E-state index in [1.54, 1.807) is 36.7 Å². The number of hydrogen-bond donors (Lipinski definition) is 0. The van der Waals surface area contributed by atoms with E-state index < -0.39 is 10.1 Å². The Balaban J connectivity index is 0.000000130. The Labute approximate surface area is 326 Å². The second-order valence-electron chi connectivity index (χ2n) is 13.4. The molecule has 0 bridgehead atoms. The normalized spacial score (nSPS) is 11.2. The fourth-order valence-corrected chi connectivity index (χ4v) is 7.20. The van der Waals surface area contributed by atoms with Gasteiger partial charge in [-0.15, -0.1) is 0 Å². The number of fused-ring (bicyclic) bond motifs is 3. The van der Waals surface area contributed by atoms with Crippen LogP contribution in [0.15, 0.2) is 164 Å². The molecule has 0 N–H and O–H groups in total. The van der Waals surface area contributed by atoms with Gasteiger partial charge >= 0.3 is 0 Å². The number of imidazole rings is 2. The van der Waals surface area contributed by atoms with Crippen LogP contribution in [0.3, 0.4) is 0 Å². The highest BCUT2D eigenvalue weighted by Crippen LogP contribution is 2.22. The molecule has 5 heterocycles. The molecule has 0 aliphatic carbocycles. The minimum absolute atomic E-state index is 0.0371. The van der Waals surface area contributed by atoms with Gasteiger partial charge in [0, 0.05) is 77.0 Å². The molecule has 11 heteroatoms. The molecule has 0 aliphatic rings. The Morgan fingerprint density at radius 3 is 1.59 bits per heavy atom. The maximum absolute atomic E-state index is 12.2. The van der Waals surface area contributed by atoms with Crippen LogP contribution in [-0.4, -0.2) is 42.5 Å². The second kappa shape index (κ2) is 17.3. The lowest BCUT2D eigenvalue weighted by molar-refractivity contribution is 0.309. The standard InChI is InChI=1S/C17H15NO3S.2C14H13N3/c1-13-6-8-16(9-7-13)22(19,20)21-12-15-11-18-10-14-4-2-3-5-17(14)15;1-11-8-17(10-16-11)9-13-7-15-6-12-4-2-3-5-14(12)13;1-11-6-16-10-17(11)9-13-8-15-7-12-4-2-3-5-14(12)13/h2-11H,12H2,1H3;2*2-8,10H,9H2,1H3. The predicted molar refractivity (Wildman–Crippen MR) is 221 cm³/mol. The number of nitrogens with zero attached hydrogens (tertiary/aromatic N) is 7. The average Bonchev–Trinajstić information content (AvgIpc) is 3.84. The van der Waals surface area contributed by atoms with E-state index in [2.05, 4.69) is 77.4 Å². The molecule has 4 aromatic carbocycles. The molecule has 0 radical (unpaired) electrons. The quantitative estimate of drug-likeness (QED) is 0.141. The van der Waals surface area contributed by atoms with E-state index in [0.717, 1.165) is 46.4 Å². The molecule has 56 heavy (non-hydrogen) atoms. The number of pyridine rings is 3. The van der Waals surface area contributed by atoms with Gasteiger partial charge in [-0.1, -0.05) is 90.5 Å². The number of hydrogen-bond acceptors (Lipinski definition) is 8. The van der Waals surface area contributed by atoms with E-state index in [9.17, 15) is 8.42 Å². The lowest BCUT2D eigenvalue weighted by atomic mass is 10.1. The molecule has 0 saturated carbocycles. The van der Waals surface area contributed by atoms with Crippen molar-refractivity contribution in [2.24, 2.45) is 0 Å². The second-order valence-corrected chi connectivity index (χ2v) is 15.1. The third kappa shape index (κ3) is 9.20. The molecule has 9 rings (SSSR count). The van der Waals surface area contributed by atoms with Gasteiger partial charge in [-0.2, -0.15) is 8.42 Å². The van der Waals surface area contributed by atoms with E-state index in [-0.39, 0.29) is 11.5 Å². The molecule has 0 unspecified atom stereocenters. The summed E-state index contributed by atoms with van der Waals surface area (Å²) >= 11 is 0. The molecule has 0 amide bonds. The number of rotatable bonds is 8. The van der Waals surface area contributed by atoms with Crippen LogP contribution >= 0.6 is 0 Å². The Morgan fingerprint density at radius 1 is 0.554 bits per heavy atom. The topological polar surface area (TPSA) is 118 Å². The molecule has 0 aliphatic heterocycles. The van der Waals surface area contributed by atoms with E-state index in [0.29, 0.717) is 0 Å². The van der Waals surface area contributed by atoms with Crippen LogP contribution < -0.4 is 0 Å². The molecule has 280 valence electrons. The van der Waals surface area contributed by atoms with Gasteiger partial charge in [-0.3, -0.25) is 19.1 Å². The number of benzene rings is 4. The van der Waals surface area contributed by atoms with Gasteiger partial charge in [0.15, 0.2) is 0 Å². The van der Waals surface area contributed by atoms with Crippen molar-refractivity contribution in [2.45, 2.75) is 45.4 Å². The molecule has 0 fully saturated rings. The summed E-state index contributed by atoms with van der Waals surface area (Å²) in [5, 5.41) is 6.78. The first-order valence-corrected chi connectivity index (χ1v) is 19.5. The van der Waals surface area contributed by atoms with Crippen molar-refractivity contribution in [3.63, 3.8) is 0 Å². The zero-order chi connectivity index (χ0) is 38.9. The third-order valence-electron chi connectivity index (χ3n) is 9.31. The first-order valence-electron chi connectivity index (χ1n) is 18.1. The summed E-state index contributed by atoms with van der Waals surface area (Å²) in [6.45, 7) is 7.56. The Morgan fingerprint density at radius 2 is 1.07 bits per heavy atom. The van der Waals surface area contributed by atoms with E-state index >= 15 is 0 Å². The highest BCUT2D eigenvalue weighted by Gasteiger charge is 2.16. The molecular formula is C45H41N7O3S. The van der Waals surface area contributed by atoms with Gasteiger partial charge in [-0.25, -0.2) is 9.97 Å². The van der Waals surface area contributed by atoms with Crippen molar-refractivity contribution in [3.05, 3.63) is 193 Å². The van der Waals surface area contributed by atoms with Crippen molar-refractivity contribution in [1.29, 1.82) is 0 Å². The fraction of sp³-hybridized carbons (Fsp3) is 0.133. The minimum atomic E-state index is -3.77. The SMILES string of the molecule is Cc1ccc(S(=O)(=O)OCc2cncc3ccccc23)cc1.Cc1cn(Cc2cncc3ccccc23)cn1.Cc1cncn1Cc1cncc2ccccc12. The van der Waals surface area contributed by atoms with Crippen LogP contribution in [0.5, 0.6) is 0 Å². The maximum atomic E-state index is 12.2. The summed E-state index contributed by atoms with van der Waals surface area (Å²) < 4.78 is 33.8. The van der Waals surface area contributed by atoms with Gasteiger partial charge in [0.25, 0.3) is 10.1 Å². The van der Waals surface area contributed by atoms with Crippen molar-refractivity contribution in [2.75, 3.05) is 0 Å². The predicted octanol–water partition coefficient (Wildman–Crippen LogP) is 9.02. The van der Waals surface area contributed by atoms with Crippen LogP contribution in [-0.2, 0) is 34.0 Å². The molecular weight excluding hydrogens is 719 g/mol. The molecule has 0 spiro atoms. The summed E-state index contributed by atoms with van der Waals surface area (Å²) in [7, 11) is -3.77. The highest BCUT2D eigenvalue weighted by molar-refractivity contribution is 7.86. The summed E-state index contributed by atoms with van der Waals surface area (Å²) in [5.74, 6) is 0. The molecule has 10 nitrogen and oxygen atoms in total. The van der Waals surface area contributed by atoms with Crippen LogP contribution in [0, 0.1) is 20.8 Å². The molecule has 0 atom stereocenters. The van der Waals surface area contributed by atoms with E-state index in [1.807, 2.05) is 100 Å². The van der Waals surface area contributed by atoms with Gasteiger partial charge in [0.1, 0.15) is 0 Å². The summed E-state index contributed by atoms with van der Waals surface area (Å²) in [6.07, 6.45) is 18.7. The Kier molecular flexibility index (Phi) is 11.6. The van der Waals surface area contributed by atoms with Crippen molar-refractivity contribution >= 4 is 42.4 Å². The highest BCUT2D eigenvalue weighted by atomic mass is 32.2. The molecule has 0 saturated heterocycles. The first-order chi connectivity index (χ1) is 27.2. The third-order valence-corrected chi connectivity index (χ3v) is 10.6. The first kappa shape index (κ1) is 37.7. The Hall–Kier alpha value is -6.56.